The lowest BCUT2D eigenvalue weighted by Crippen LogP contribution is -2.12. The van der Waals surface area contributed by atoms with Crippen LogP contribution >= 0.6 is 11.6 Å². The van der Waals surface area contributed by atoms with E-state index in [0.717, 1.165) is 27.7 Å². The van der Waals surface area contributed by atoms with Crippen molar-refractivity contribution in [2.45, 2.75) is 19.4 Å². The number of furan rings is 1. The molecule has 1 fully saturated rings. The molecule has 0 spiro atoms. The van der Waals surface area contributed by atoms with E-state index in [0.29, 0.717) is 5.92 Å². The molecule has 0 bridgehead atoms. The van der Waals surface area contributed by atoms with Gasteiger partial charge in [-0.2, -0.15) is 0 Å². The van der Waals surface area contributed by atoms with E-state index >= 15 is 0 Å². The molecule has 1 saturated carbocycles. The quantitative estimate of drug-likeness (QED) is 0.861. The Kier molecular flexibility index (Phi) is 2.23. The van der Waals surface area contributed by atoms with Crippen molar-refractivity contribution in [3.05, 3.63) is 35.0 Å². The zero-order chi connectivity index (χ0) is 11.3. The monoisotopic (exact) mass is 235 g/mol. The van der Waals surface area contributed by atoms with E-state index in [1.54, 1.807) is 0 Å². The van der Waals surface area contributed by atoms with Crippen molar-refractivity contribution in [3.8, 4) is 0 Å². The molecule has 1 aromatic heterocycles. The molecule has 3 unspecified atom stereocenters. The minimum Gasteiger partial charge on any atom is -0.459 e. The minimum absolute atomic E-state index is 0.0289. The van der Waals surface area contributed by atoms with E-state index < -0.39 is 0 Å². The lowest BCUT2D eigenvalue weighted by Gasteiger charge is -2.05. The molecule has 3 atom stereocenters. The second-order valence-corrected chi connectivity index (χ2v) is 5.17. The Balaban J connectivity index is 1.98. The van der Waals surface area contributed by atoms with Gasteiger partial charge in [-0.25, -0.2) is 0 Å². The van der Waals surface area contributed by atoms with Gasteiger partial charge in [0.25, 0.3) is 0 Å². The maximum absolute atomic E-state index is 6.17. The summed E-state index contributed by atoms with van der Waals surface area (Å²) in [7, 11) is 0. The smallest absolute Gasteiger partial charge is 0.134 e. The summed E-state index contributed by atoms with van der Waals surface area (Å²) in [5, 5.41) is 1.76. The number of benzene rings is 1. The van der Waals surface area contributed by atoms with Crippen LogP contribution in [-0.4, -0.2) is 0 Å². The maximum Gasteiger partial charge on any atom is 0.134 e. The molecule has 3 heteroatoms. The average molecular weight is 236 g/mol. The molecular formula is C13H14ClNO. The molecule has 0 amide bonds. The highest BCUT2D eigenvalue weighted by atomic mass is 35.5. The average Bonchev–Trinajstić information content (AvgIpc) is 2.83. The molecule has 3 rings (SSSR count). The maximum atomic E-state index is 6.17. The van der Waals surface area contributed by atoms with Crippen molar-refractivity contribution in [1.82, 2.24) is 0 Å². The second kappa shape index (κ2) is 3.51. The first-order valence-electron chi connectivity index (χ1n) is 5.60. The number of hydrogen-bond donors (Lipinski definition) is 1. The van der Waals surface area contributed by atoms with Crippen LogP contribution in [0.25, 0.3) is 11.0 Å². The van der Waals surface area contributed by atoms with Crippen molar-refractivity contribution < 1.29 is 4.42 Å². The van der Waals surface area contributed by atoms with Crippen LogP contribution in [-0.2, 0) is 0 Å². The summed E-state index contributed by atoms with van der Waals surface area (Å²) in [6.45, 7) is 2.23. The second-order valence-electron chi connectivity index (χ2n) is 4.73. The van der Waals surface area contributed by atoms with Crippen LogP contribution in [0.3, 0.4) is 0 Å². The first-order chi connectivity index (χ1) is 7.65. The van der Waals surface area contributed by atoms with Gasteiger partial charge in [-0.1, -0.05) is 18.5 Å². The largest absolute Gasteiger partial charge is 0.459 e. The molecule has 0 radical (unpaired) electrons. The topological polar surface area (TPSA) is 39.2 Å². The van der Waals surface area contributed by atoms with Gasteiger partial charge in [0.1, 0.15) is 11.3 Å². The third-order valence-corrected chi connectivity index (χ3v) is 3.69. The molecule has 2 aromatic rings. The minimum atomic E-state index is 0.0289. The predicted octanol–water partition coefficient (Wildman–Crippen LogP) is 3.74. The highest BCUT2D eigenvalue weighted by molar-refractivity contribution is 6.31. The number of nitrogens with two attached hydrogens (primary N) is 1. The Morgan fingerprint density at radius 3 is 2.88 bits per heavy atom. The molecule has 2 nitrogen and oxygen atoms in total. The van der Waals surface area contributed by atoms with Crippen LogP contribution < -0.4 is 5.73 Å². The van der Waals surface area contributed by atoms with E-state index in [1.807, 2.05) is 24.3 Å². The van der Waals surface area contributed by atoms with Crippen LogP contribution in [0.15, 0.2) is 28.7 Å². The van der Waals surface area contributed by atoms with E-state index in [9.17, 15) is 0 Å². The Bertz CT molecular complexity index is 534. The fraction of sp³-hybridized carbons (Fsp3) is 0.385. The molecule has 1 aromatic carbocycles. The van der Waals surface area contributed by atoms with Gasteiger partial charge >= 0.3 is 0 Å². The summed E-state index contributed by atoms with van der Waals surface area (Å²) in [5.41, 5.74) is 7.03. The normalized spacial score (nSPS) is 25.9. The first-order valence-corrected chi connectivity index (χ1v) is 5.97. The Morgan fingerprint density at radius 2 is 2.19 bits per heavy atom. The summed E-state index contributed by atoms with van der Waals surface area (Å²) in [6.07, 6.45) is 1.21. The van der Waals surface area contributed by atoms with Gasteiger partial charge in [0.05, 0.1) is 6.04 Å². The van der Waals surface area contributed by atoms with Crippen LogP contribution in [0.4, 0.5) is 0 Å². The lowest BCUT2D eigenvalue weighted by molar-refractivity contribution is 0.455. The standard InChI is InChI=1S/C13H14ClNO/c1-7-4-10(7)13(15)12-6-8-5-9(14)2-3-11(8)16-12/h2-3,5-7,10,13H,4,15H2,1H3. The van der Waals surface area contributed by atoms with E-state index in [2.05, 4.69) is 6.92 Å². The third kappa shape index (κ3) is 1.62. The zero-order valence-corrected chi connectivity index (χ0v) is 9.87. The van der Waals surface area contributed by atoms with E-state index in [-0.39, 0.29) is 6.04 Å². The number of hydrogen-bond acceptors (Lipinski definition) is 2. The molecule has 1 aliphatic carbocycles. The summed E-state index contributed by atoms with van der Waals surface area (Å²) >= 11 is 5.93. The van der Waals surface area contributed by atoms with Gasteiger partial charge in [-0.05, 0) is 42.5 Å². The molecule has 2 N–H and O–H groups in total. The van der Waals surface area contributed by atoms with E-state index in [1.165, 1.54) is 6.42 Å². The van der Waals surface area contributed by atoms with E-state index in [4.69, 9.17) is 21.8 Å². The zero-order valence-electron chi connectivity index (χ0n) is 9.11. The van der Waals surface area contributed by atoms with Gasteiger partial charge in [0.15, 0.2) is 0 Å². The summed E-state index contributed by atoms with van der Waals surface area (Å²) in [4.78, 5) is 0. The van der Waals surface area contributed by atoms with Gasteiger partial charge in [-0.15, -0.1) is 0 Å². The van der Waals surface area contributed by atoms with Gasteiger partial charge in [0.2, 0.25) is 0 Å². The molecular weight excluding hydrogens is 222 g/mol. The fourth-order valence-electron chi connectivity index (χ4n) is 2.26. The molecule has 1 heterocycles. The highest BCUT2D eigenvalue weighted by Gasteiger charge is 2.39. The van der Waals surface area contributed by atoms with Crippen LogP contribution in [0, 0.1) is 11.8 Å². The van der Waals surface area contributed by atoms with Crippen LogP contribution in [0.5, 0.6) is 0 Å². The summed E-state index contributed by atoms with van der Waals surface area (Å²) < 4.78 is 5.75. The molecule has 0 aliphatic heterocycles. The first kappa shape index (κ1) is 10.2. The molecule has 16 heavy (non-hydrogen) atoms. The Morgan fingerprint density at radius 1 is 1.44 bits per heavy atom. The van der Waals surface area contributed by atoms with Crippen LogP contribution in [0.1, 0.15) is 25.1 Å². The predicted molar refractivity (Wildman–Crippen MR) is 65.4 cm³/mol. The Labute approximate surface area is 99.4 Å². The molecule has 0 saturated heterocycles. The molecule has 1 aliphatic rings. The fourth-order valence-corrected chi connectivity index (χ4v) is 2.44. The lowest BCUT2D eigenvalue weighted by atomic mass is 10.1. The number of halogens is 1. The number of fused-ring (bicyclic) bond motifs is 1. The highest BCUT2D eigenvalue weighted by Crippen LogP contribution is 2.46. The van der Waals surface area contributed by atoms with Crippen LogP contribution in [0.2, 0.25) is 5.02 Å². The van der Waals surface area contributed by atoms with Crippen molar-refractivity contribution in [2.24, 2.45) is 17.6 Å². The van der Waals surface area contributed by atoms with Crippen molar-refractivity contribution in [2.75, 3.05) is 0 Å². The Hall–Kier alpha value is -0.990. The summed E-state index contributed by atoms with van der Waals surface area (Å²) in [5.74, 6) is 2.19. The SMILES string of the molecule is CC1CC1C(N)c1cc2cc(Cl)ccc2o1. The van der Waals surface area contributed by atoms with Gasteiger partial charge in [0, 0.05) is 10.4 Å². The van der Waals surface area contributed by atoms with Crippen molar-refractivity contribution in [1.29, 1.82) is 0 Å². The third-order valence-electron chi connectivity index (χ3n) is 3.46. The summed E-state index contributed by atoms with van der Waals surface area (Å²) in [6, 6.07) is 7.68. The van der Waals surface area contributed by atoms with Crippen molar-refractivity contribution >= 4 is 22.6 Å². The van der Waals surface area contributed by atoms with Gasteiger partial charge in [-0.3, -0.25) is 0 Å². The number of rotatable bonds is 2. The van der Waals surface area contributed by atoms with Crippen molar-refractivity contribution in [3.63, 3.8) is 0 Å². The molecule has 84 valence electrons. The van der Waals surface area contributed by atoms with Gasteiger partial charge < -0.3 is 10.2 Å².